The number of carbonyl (C=O) groups excluding carboxylic acids is 2. The first-order chi connectivity index (χ1) is 12.4. The zero-order chi connectivity index (χ0) is 18.8. The van der Waals surface area contributed by atoms with E-state index in [0.717, 1.165) is 37.2 Å². The van der Waals surface area contributed by atoms with Gasteiger partial charge in [-0.05, 0) is 43.7 Å². The van der Waals surface area contributed by atoms with Gasteiger partial charge in [0.05, 0.1) is 19.3 Å². The van der Waals surface area contributed by atoms with E-state index in [4.69, 9.17) is 9.47 Å². The predicted octanol–water partition coefficient (Wildman–Crippen LogP) is 2.01. The minimum absolute atomic E-state index is 0.00811. The molecule has 26 heavy (non-hydrogen) atoms. The van der Waals surface area contributed by atoms with E-state index in [2.05, 4.69) is 5.32 Å². The molecule has 6 heteroatoms. The first kappa shape index (κ1) is 18.7. The third-order valence-electron chi connectivity index (χ3n) is 5.83. The maximum Gasteiger partial charge on any atom is 0.254 e. The van der Waals surface area contributed by atoms with Crippen molar-refractivity contribution >= 4 is 11.8 Å². The minimum Gasteiger partial charge on any atom is -0.496 e. The number of hydrogen-bond acceptors (Lipinski definition) is 4. The van der Waals surface area contributed by atoms with Gasteiger partial charge < -0.3 is 19.7 Å². The van der Waals surface area contributed by atoms with Crippen LogP contribution < -0.4 is 10.1 Å². The highest BCUT2D eigenvalue weighted by Gasteiger charge is 2.44. The standard InChI is InChI=1S/C20H28N2O4/c1-12-16(6-5-7-18(12)25-3)20(24)22-10-14-8-17(21-13(2)23)19(26-4)9-15(14)11-22/h5-7,14-15,17,19H,8-11H2,1-4H3,(H,21,23)/t14-,15+,17-,19-/m1/s1. The first-order valence-electron chi connectivity index (χ1n) is 9.17. The molecular formula is C20H28N2O4. The number of hydrogen-bond donors (Lipinski definition) is 1. The van der Waals surface area contributed by atoms with E-state index in [1.54, 1.807) is 14.2 Å². The van der Waals surface area contributed by atoms with Gasteiger partial charge in [0.2, 0.25) is 5.91 Å². The van der Waals surface area contributed by atoms with Gasteiger partial charge in [0, 0.05) is 38.2 Å². The van der Waals surface area contributed by atoms with E-state index in [1.165, 1.54) is 6.92 Å². The number of benzene rings is 1. The summed E-state index contributed by atoms with van der Waals surface area (Å²) in [6.07, 6.45) is 1.73. The molecule has 0 aromatic heterocycles. The van der Waals surface area contributed by atoms with Crippen molar-refractivity contribution in [2.75, 3.05) is 27.3 Å². The van der Waals surface area contributed by atoms with Gasteiger partial charge in [-0.25, -0.2) is 0 Å². The summed E-state index contributed by atoms with van der Waals surface area (Å²) in [7, 11) is 3.31. The first-order valence-corrected chi connectivity index (χ1v) is 9.17. The van der Waals surface area contributed by atoms with E-state index in [-0.39, 0.29) is 24.0 Å². The van der Waals surface area contributed by atoms with Crippen LogP contribution in [-0.2, 0) is 9.53 Å². The van der Waals surface area contributed by atoms with Crippen LogP contribution in [0.3, 0.4) is 0 Å². The van der Waals surface area contributed by atoms with Crippen LogP contribution in [0.15, 0.2) is 18.2 Å². The molecule has 0 radical (unpaired) electrons. The summed E-state index contributed by atoms with van der Waals surface area (Å²) < 4.78 is 11.0. The molecule has 2 fully saturated rings. The van der Waals surface area contributed by atoms with Gasteiger partial charge in [-0.15, -0.1) is 0 Å². The third-order valence-corrected chi connectivity index (χ3v) is 5.83. The lowest BCUT2D eigenvalue weighted by molar-refractivity contribution is -0.121. The minimum atomic E-state index is -0.0339. The Morgan fingerprint density at radius 3 is 2.46 bits per heavy atom. The molecule has 0 bridgehead atoms. The third kappa shape index (κ3) is 3.56. The van der Waals surface area contributed by atoms with Crippen molar-refractivity contribution in [1.82, 2.24) is 10.2 Å². The fraction of sp³-hybridized carbons (Fsp3) is 0.600. The average molecular weight is 360 g/mol. The topological polar surface area (TPSA) is 67.9 Å². The number of amides is 2. The van der Waals surface area contributed by atoms with E-state index in [1.807, 2.05) is 30.0 Å². The Kier molecular flexibility index (Phi) is 5.51. The maximum absolute atomic E-state index is 13.1. The van der Waals surface area contributed by atoms with Crippen LogP contribution in [0, 0.1) is 18.8 Å². The number of fused-ring (bicyclic) bond motifs is 1. The quantitative estimate of drug-likeness (QED) is 0.892. The molecular weight excluding hydrogens is 332 g/mol. The second kappa shape index (κ2) is 7.66. The molecule has 1 aliphatic heterocycles. The summed E-state index contributed by atoms with van der Waals surface area (Å²) in [5.74, 6) is 1.57. The summed E-state index contributed by atoms with van der Waals surface area (Å²) >= 11 is 0. The van der Waals surface area contributed by atoms with Crippen LogP contribution in [0.5, 0.6) is 5.75 Å². The lowest BCUT2D eigenvalue weighted by atomic mass is 9.77. The highest BCUT2D eigenvalue weighted by Crippen LogP contribution is 2.38. The van der Waals surface area contributed by atoms with E-state index >= 15 is 0 Å². The van der Waals surface area contributed by atoms with Crippen LogP contribution in [-0.4, -0.2) is 56.2 Å². The Labute approximate surface area is 154 Å². The number of ether oxygens (including phenoxy) is 2. The molecule has 1 aliphatic carbocycles. The van der Waals surface area contributed by atoms with Crippen LogP contribution in [0.4, 0.5) is 0 Å². The summed E-state index contributed by atoms with van der Waals surface area (Å²) in [5.41, 5.74) is 1.57. The Balaban J connectivity index is 1.74. The molecule has 1 aromatic rings. The Bertz CT molecular complexity index is 690. The zero-order valence-corrected chi connectivity index (χ0v) is 16.0. The predicted molar refractivity (Wildman–Crippen MR) is 98.3 cm³/mol. The lowest BCUT2D eigenvalue weighted by Crippen LogP contribution is -2.49. The Hall–Kier alpha value is -2.08. The van der Waals surface area contributed by atoms with Crippen molar-refractivity contribution in [2.24, 2.45) is 11.8 Å². The molecule has 142 valence electrons. The summed E-state index contributed by atoms with van der Waals surface area (Å²) in [6.45, 7) is 4.93. The molecule has 1 heterocycles. The number of methoxy groups -OCH3 is 2. The molecule has 0 unspecified atom stereocenters. The van der Waals surface area contributed by atoms with Crippen molar-refractivity contribution < 1.29 is 19.1 Å². The van der Waals surface area contributed by atoms with Crippen molar-refractivity contribution in [3.05, 3.63) is 29.3 Å². The number of nitrogens with zero attached hydrogens (tertiary/aromatic N) is 1. The van der Waals surface area contributed by atoms with Gasteiger partial charge in [0.25, 0.3) is 5.91 Å². The van der Waals surface area contributed by atoms with Crippen molar-refractivity contribution in [3.8, 4) is 5.75 Å². The maximum atomic E-state index is 13.1. The number of rotatable bonds is 4. The monoisotopic (exact) mass is 360 g/mol. The molecule has 1 saturated heterocycles. The largest absolute Gasteiger partial charge is 0.496 e. The molecule has 3 rings (SSSR count). The highest BCUT2D eigenvalue weighted by molar-refractivity contribution is 5.96. The fourth-order valence-electron chi connectivity index (χ4n) is 4.49. The summed E-state index contributed by atoms with van der Waals surface area (Å²) in [5, 5.41) is 3.01. The van der Waals surface area contributed by atoms with E-state index in [0.29, 0.717) is 17.4 Å². The number of nitrogens with one attached hydrogen (secondary N) is 1. The van der Waals surface area contributed by atoms with Crippen molar-refractivity contribution in [1.29, 1.82) is 0 Å². The average Bonchev–Trinajstić information content (AvgIpc) is 3.03. The van der Waals surface area contributed by atoms with Crippen molar-refractivity contribution in [2.45, 2.75) is 38.8 Å². The molecule has 2 amide bonds. The zero-order valence-electron chi connectivity index (χ0n) is 16.0. The molecule has 4 atom stereocenters. The Morgan fingerprint density at radius 1 is 1.15 bits per heavy atom. The molecule has 1 saturated carbocycles. The molecule has 1 N–H and O–H groups in total. The highest BCUT2D eigenvalue weighted by atomic mass is 16.5. The smallest absolute Gasteiger partial charge is 0.254 e. The summed E-state index contributed by atoms with van der Waals surface area (Å²) in [4.78, 5) is 26.5. The second-order valence-corrected chi connectivity index (χ2v) is 7.42. The second-order valence-electron chi connectivity index (χ2n) is 7.42. The molecule has 0 spiro atoms. The number of carbonyl (C=O) groups is 2. The van der Waals surface area contributed by atoms with E-state index < -0.39 is 0 Å². The lowest BCUT2D eigenvalue weighted by Gasteiger charge is -2.37. The van der Waals surface area contributed by atoms with Gasteiger partial charge in [-0.2, -0.15) is 0 Å². The molecule has 1 aromatic carbocycles. The van der Waals surface area contributed by atoms with Crippen LogP contribution in [0.1, 0.15) is 35.7 Å². The van der Waals surface area contributed by atoms with Crippen LogP contribution in [0.25, 0.3) is 0 Å². The van der Waals surface area contributed by atoms with Gasteiger partial charge >= 0.3 is 0 Å². The van der Waals surface area contributed by atoms with Gasteiger partial charge in [0.15, 0.2) is 0 Å². The number of likely N-dealkylation sites (tertiary alicyclic amines) is 1. The van der Waals surface area contributed by atoms with Gasteiger partial charge in [-0.3, -0.25) is 9.59 Å². The SMILES string of the molecule is COc1cccc(C(=O)N2C[C@H]3C[C@@H](NC(C)=O)[C@H](OC)C[C@H]3C2)c1C. The summed E-state index contributed by atoms with van der Waals surface area (Å²) in [6, 6.07) is 5.61. The fourth-order valence-corrected chi connectivity index (χ4v) is 4.49. The van der Waals surface area contributed by atoms with Gasteiger partial charge in [0.1, 0.15) is 5.75 Å². The van der Waals surface area contributed by atoms with Crippen LogP contribution >= 0.6 is 0 Å². The van der Waals surface area contributed by atoms with E-state index in [9.17, 15) is 9.59 Å². The van der Waals surface area contributed by atoms with Crippen molar-refractivity contribution in [3.63, 3.8) is 0 Å². The van der Waals surface area contributed by atoms with Crippen LogP contribution in [0.2, 0.25) is 0 Å². The Morgan fingerprint density at radius 2 is 1.85 bits per heavy atom. The van der Waals surface area contributed by atoms with Gasteiger partial charge in [-0.1, -0.05) is 6.07 Å². The molecule has 2 aliphatic rings. The molecule has 6 nitrogen and oxygen atoms in total. The normalized spacial score (nSPS) is 27.8.